The Bertz CT molecular complexity index is 1580. The van der Waals surface area contributed by atoms with Crippen molar-refractivity contribution in [3.05, 3.63) is 70.8 Å². The number of nitrogens with zero attached hydrogens (tertiary/aromatic N) is 3. The van der Waals surface area contributed by atoms with E-state index in [9.17, 15) is 19.5 Å². The van der Waals surface area contributed by atoms with E-state index in [1.54, 1.807) is 20.8 Å². The molecule has 0 bridgehead atoms. The summed E-state index contributed by atoms with van der Waals surface area (Å²) < 4.78 is 41.9. The molecule has 254 valence electrons. The SMILES string of the molecule is CC(C)(C)OC(=O)N(COCC[Si](C)(C)C)C1=N[C@](CF)(c2cc(NC(=O)c3ccc(Cl)cn3)ccc2F)[C@@H]2C[C@]2(C=CC(=O)O)S1. The van der Waals surface area contributed by atoms with Gasteiger partial charge in [-0.3, -0.25) is 4.79 Å². The van der Waals surface area contributed by atoms with Gasteiger partial charge in [-0.25, -0.2) is 33.2 Å². The van der Waals surface area contributed by atoms with Crippen LogP contribution in [0.1, 0.15) is 43.2 Å². The normalized spacial score (nSPS) is 22.3. The molecule has 2 aromatic rings. The van der Waals surface area contributed by atoms with E-state index < -0.39 is 60.3 Å². The van der Waals surface area contributed by atoms with Crippen molar-refractivity contribution in [3.63, 3.8) is 0 Å². The fourth-order valence-corrected chi connectivity index (χ4v) is 7.43. The largest absolute Gasteiger partial charge is 0.478 e. The molecule has 0 saturated heterocycles. The van der Waals surface area contributed by atoms with Crippen LogP contribution in [0, 0.1) is 11.7 Å². The average Bonchev–Trinajstić information content (AvgIpc) is 3.71. The third-order valence-corrected chi connectivity index (χ3v) is 10.9. The summed E-state index contributed by atoms with van der Waals surface area (Å²) >= 11 is 6.96. The summed E-state index contributed by atoms with van der Waals surface area (Å²) in [6, 6.07) is 7.44. The van der Waals surface area contributed by atoms with E-state index in [0.717, 1.165) is 34.8 Å². The van der Waals surface area contributed by atoms with Crippen molar-refractivity contribution in [1.82, 2.24) is 9.88 Å². The average molecular weight is 709 g/mol. The van der Waals surface area contributed by atoms with Crippen LogP contribution < -0.4 is 5.32 Å². The number of pyridine rings is 1. The van der Waals surface area contributed by atoms with Crippen molar-refractivity contribution in [1.29, 1.82) is 0 Å². The lowest BCUT2D eigenvalue weighted by atomic mass is 9.84. The molecule has 0 unspecified atom stereocenters. The van der Waals surface area contributed by atoms with Crippen molar-refractivity contribution in [2.45, 2.75) is 68.8 Å². The van der Waals surface area contributed by atoms with Gasteiger partial charge in [-0.05, 0) is 63.6 Å². The maximum atomic E-state index is 15.8. The first kappa shape index (κ1) is 36.5. The van der Waals surface area contributed by atoms with Gasteiger partial charge in [-0.15, -0.1) is 0 Å². The molecule has 15 heteroatoms. The lowest BCUT2D eigenvalue weighted by molar-refractivity contribution is -0.131. The fourth-order valence-electron chi connectivity index (χ4n) is 5.05. The van der Waals surface area contributed by atoms with Crippen LogP contribution in [0.3, 0.4) is 0 Å². The molecular formula is C32H39ClF2N4O6SSi. The highest BCUT2D eigenvalue weighted by Crippen LogP contribution is 2.67. The number of aliphatic imine (C=N–C) groups is 1. The van der Waals surface area contributed by atoms with Crippen LogP contribution in [0.4, 0.5) is 19.3 Å². The van der Waals surface area contributed by atoms with E-state index in [2.05, 4.69) is 29.9 Å². The Morgan fingerprint density at radius 3 is 2.55 bits per heavy atom. The number of carbonyl (C=O) groups is 3. The van der Waals surface area contributed by atoms with Crippen LogP contribution in [0.5, 0.6) is 0 Å². The molecule has 3 atom stereocenters. The summed E-state index contributed by atoms with van der Waals surface area (Å²) in [5.41, 5.74) is -2.75. The first-order chi connectivity index (χ1) is 21.9. The van der Waals surface area contributed by atoms with Crippen LogP contribution in [-0.4, -0.2) is 76.6 Å². The minimum atomic E-state index is -1.88. The number of fused-ring (bicyclic) bond motifs is 1. The number of amidine groups is 1. The van der Waals surface area contributed by atoms with Crippen LogP contribution in [-0.2, 0) is 19.8 Å². The van der Waals surface area contributed by atoms with Gasteiger partial charge in [0, 0.05) is 48.9 Å². The molecule has 1 aromatic heterocycles. The molecule has 47 heavy (non-hydrogen) atoms. The van der Waals surface area contributed by atoms with E-state index in [1.807, 2.05) is 0 Å². The molecule has 2 N–H and O–H groups in total. The first-order valence-corrected chi connectivity index (χ1v) is 19.9. The molecule has 0 radical (unpaired) electrons. The Hall–Kier alpha value is -3.33. The monoisotopic (exact) mass is 708 g/mol. The van der Waals surface area contributed by atoms with Gasteiger partial charge >= 0.3 is 12.1 Å². The summed E-state index contributed by atoms with van der Waals surface area (Å²) in [5, 5.41) is 12.4. The van der Waals surface area contributed by atoms with Gasteiger partial charge in [0.15, 0.2) is 5.17 Å². The van der Waals surface area contributed by atoms with Crippen LogP contribution in [0.2, 0.25) is 30.7 Å². The number of hydrogen-bond donors (Lipinski definition) is 2. The number of ether oxygens (including phenoxy) is 2. The van der Waals surface area contributed by atoms with Crippen LogP contribution in [0.15, 0.2) is 53.7 Å². The zero-order chi connectivity index (χ0) is 34.8. The highest BCUT2D eigenvalue weighted by Gasteiger charge is 2.68. The number of carbonyl (C=O) groups excluding carboxylic acids is 2. The molecule has 1 aromatic carbocycles. The number of alkyl halides is 1. The maximum absolute atomic E-state index is 15.8. The Labute approximate surface area is 283 Å². The smallest absolute Gasteiger partial charge is 0.418 e. The number of halogens is 3. The lowest BCUT2D eigenvalue weighted by Gasteiger charge is -2.38. The number of carboxylic acids is 1. The third-order valence-electron chi connectivity index (χ3n) is 7.53. The van der Waals surface area contributed by atoms with Crippen LogP contribution >= 0.6 is 23.4 Å². The van der Waals surface area contributed by atoms with Gasteiger partial charge in [0.05, 0.1) is 5.02 Å². The van der Waals surface area contributed by atoms with Gasteiger partial charge in [-0.2, -0.15) is 0 Å². The standard InChI is InChI=1S/C32H39ClF2N4O6SSi/c1-30(2,3)45-29(43)39(19-44-13-14-47(4,5)6)28-38-32(18-34,25-16-31(25,46-28)12-11-26(40)41)22-15-21(8-9-23(22)35)37-27(42)24-10-7-20(33)17-36-24/h7-12,15,17,25H,13-14,16,18-19H2,1-6H3,(H,37,42)(H,40,41)/t25-,31+,32-/m1/s1. The van der Waals surface area contributed by atoms with Gasteiger partial charge in [-0.1, -0.05) is 49.1 Å². The minimum Gasteiger partial charge on any atom is -0.478 e. The molecule has 1 fully saturated rings. The van der Waals surface area contributed by atoms with E-state index in [4.69, 9.17) is 26.1 Å². The quantitative estimate of drug-likeness (QED) is 0.107. The molecular weight excluding hydrogens is 670 g/mol. The van der Waals surface area contributed by atoms with Crippen molar-refractivity contribution in [2.24, 2.45) is 10.9 Å². The number of thioether (sulfide) groups is 1. The minimum absolute atomic E-state index is 0.00658. The molecule has 0 spiro atoms. The first-order valence-electron chi connectivity index (χ1n) is 15.0. The lowest BCUT2D eigenvalue weighted by Crippen LogP contribution is -2.46. The van der Waals surface area contributed by atoms with E-state index in [0.29, 0.717) is 11.6 Å². The zero-order valence-electron chi connectivity index (χ0n) is 27.1. The molecule has 4 rings (SSSR count). The van der Waals surface area contributed by atoms with E-state index in [-0.39, 0.29) is 35.3 Å². The number of aliphatic carboxylic acids is 1. The number of carboxylic acid groups (broad SMARTS) is 1. The summed E-state index contributed by atoms with van der Waals surface area (Å²) in [7, 11) is -1.48. The van der Waals surface area contributed by atoms with Gasteiger partial charge < -0.3 is 19.9 Å². The second kappa shape index (κ2) is 14.0. The van der Waals surface area contributed by atoms with Crippen molar-refractivity contribution in [3.8, 4) is 0 Å². The number of aromatic nitrogens is 1. The number of anilines is 1. The maximum Gasteiger partial charge on any atom is 0.418 e. The Morgan fingerprint density at radius 1 is 1.23 bits per heavy atom. The zero-order valence-corrected chi connectivity index (χ0v) is 29.7. The van der Waals surface area contributed by atoms with Gasteiger partial charge in [0.25, 0.3) is 5.91 Å². The molecule has 1 aliphatic carbocycles. The topological polar surface area (TPSA) is 130 Å². The van der Waals surface area contributed by atoms with Crippen molar-refractivity contribution < 1.29 is 37.7 Å². The highest BCUT2D eigenvalue weighted by molar-refractivity contribution is 8.15. The van der Waals surface area contributed by atoms with E-state index >= 15 is 8.78 Å². The number of rotatable bonds is 11. The molecule has 2 amide bonds. The summed E-state index contributed by atoms with van der Waals surface area (Å²) in [5.74, 6) is -3.30. The molecule has 1 saturated carbocycles. The number of hydrogen-bond acceptors (Lipinski definition) is 8. The number of benzene rings is 1. The Morgan fingerprint density at radius 2 is 1.96 bits per heavy atom. The molecule has 10 nitrogen and oxygen atoms in total. The summed E-state index contributed by atoms with van der Waals surface area (Å²) in [4.78, 5) is 47.9. The van der Waals surface area contributed by atoms with Crippen molar-refractivity contribution in [2.75, 3.05) is 25.3 Å². The summed E-state index contributed by atoms with van der Waals surface area (Å²) in [6.07, 6.45) is 3.12. The number of nitrogens with one attached hydrogen (secondary N) is 1. The Kier molecular flexibility index (Phi) is 10.9. The second-order valence-corrected chi connectivity index (χ2v) is 21.1. The third kappa shape index (κ3) is 8.98. The fraction of sp³-hybridized carbons (Fsp3) is 0.469. The second-order valence-electron chi connectivity index (χ2n) is 13.7. The predicted molar refractivity (Wildman–Crippen MR) is 181 cm³/mol. The van der Waals surface area contributed by atoms with E-state index in [1.165, 1.54) is 36.5 Å². The number of amides is 2. The molecule has 1 aliphatic heterocycles. The van der Waals surface area contributed by atoms with Gasteiger partial charge in [0.1, 0.15) is 36.1 Å². The van der Waals surface area contributed by atoms with Crippen molar-refractivity contribution >= 4 is 60.3 Å². The van der Waals surface area contributed by atoms with Gasteiger partial charge in [0.2, 0.25) is 0 Å². The van der Waals surface area contributed by atoms with Crippen LogP contribution in [0.25, 0.3) is 0 Å². The molecule has 2 heterocycles. The Balaban J connectivity index is 1.79. The summed E-state index contributed by atoms with van der Waals surface area (Å²) in [6.45, 7) is 10.5. The molecule has 2 aliphatic rings. The predicted octanol–water partition coefficient (Wildman–Crippen LogP) is 7.34. The highest BCUT2D eigenvalue weighted by atomic mass is 35.5.